The van der Waals surface area contributed by atoms with Gasteiger partial charge >= 0.3 is 0 Å². The van der Waals surface area contributed by atoms with Gasteiger partial charge in [0.15, 0.2) is 0 Å². The van der Waals surface area contributed by atoms with E-state index >= 15 is 0 Å². The van der Waals surface area contributed by atoms with Crippen LogP contribution < -0.4 is 11.1 Å². The molecule has 0 saturated heterocycles. The Kier molecular flexibility index (Phi) is 5.94. The van der Waals surface area contributed by atoms with Crippen LogP contribution in [0.25, 0.3) is 11.4 Å². The molecular weight excluding hydrogens is 303 g/mol. The third-order valence-electron chi connectivity index (χ3n) is 2.38. The van der Waals surface area contributed by atoms with Crippen molar-refractivity contribution >= 4 is 29.9 Å². The monoisotopic (exact) mass is 316 g/mol. The minimum atomic E-state index is -0.574. The van der Waals surface area contributed by atoms with Gasteiger partial charge in [-0.2, -0.15) is 4.98 Å². The molecule has 108 valence electrons. The van der Waals surface area contributed by atoms with Gasteiger partial charge in [-0.15, -0.1) is 12.4 Å². The number of benzene rings is 1. The van der Waals surface area contributed by atoms with Crippen molar-refractivity contribution in [1.82, 2.24) is 15.5 Å². The maximum absolute atomic E-state index is 11.3. The van der Waals surface area contributed by atoms with Gasteiger partial charge in [-0.1, -0.05) is 28.9 Å². The van der Waals surface area contributed by atoms with Crippen molar-refractivity contribution in [2.75, 3.05) is 0 Å². The Morgan fingerprint density at radius 1 is 1.55 bits per heavy atom. The van der Waals surface area contributed by atoms with Gasteiger partial charge in [0, 0.05) is 10.6 Å². The van der Waals surface area contributed by atoms with Crippen LogP contribution in [0.4, 0.5) is 0 Å². The number of rotatable bonds is 4. The van der Waals surface area contributed by atoms with Crippen molar-refractivity contribution in [1.29, 1.82) is 0 Å². The lowest BCUT2D eigenvalue weighted by Crippen LogP contribution is -2.37. The standard InChI is InChI=1S/C12H13ClN4O2.ClH/c1-7(14)12(18)15-6-10-16-11(17-19-10)8-3-2-4-9(13)5-8;/h2-5,7H,6,14H2,1H3,(H,15,18);1H/t7-;/m1./s1. The Bertz CT molecular complexity index is 586. The van der Waals surface area contributed by atoms with Crippen LogP contribution in [0, 0.1) is 0 Å². The lowest BCUT2D eigenvalue weighted by Gasteiger charge is -2.03. The average Bonchev–Trinajstić information content (AvgIpc) is 2.84. The molecule has 2 rings (SSSR count). The molecular formula is C12H14Cl2N4O2. The zero-order valence-corrected chi connectivity index (χ0v) is 12.2. The zero-order chi connectivity index (χ0) is 13.8. The molecule has 0 aliphatic carbocycles. The van der Waals surface area contributed by atoms with E-state index in [2.05, 4.69) is 15.5 Å². The van der Waals surface area contributed by atoms with Crippen LogP contribution in [-0.2, 0) is 11.3 Å². The van der Waals surface area contributed by atoms with Gasteiger partial charge in [-0.3, -0.25) is 4.79 Å². The van der Waals surface area contributed by atoms with E-state index in [0.29, 0.717) is 16.7 Å². The van der Waals surface area contributed by atoms with E-state index in [1.54, 1.807) is 25.1 Å². The highest BCUT2D eigenvalue weighted by Crippen LogP contribution is 2.19. The Morgan fingerprint density at radius 3 is 2.95 bits per heavy atom. The Hall–Kier alpha value is -1.63. The second-order valence-electron chi connectivity index (χ2n) is 4.03. The molecule has 1 amide bonds. The molecule has 1 atom stereocenters. The van der Waals surface area contributed by atoms with Crippen LogP contribution in [0.5, 0.6) is 0 Å². The van der Waals surface area contributed by atoms with Crippen molar-refractivity contribution in [3.63, 3.8) is 0 Å². The predicted molar refractivity (Wildman–Crippen MR) is 77.5 cm³/mol. The van der Waals surface area contributed by atoms with E-state index in [1.807, 2.05) is 6.07 Å². The van der Waals surface area contributed by atoms with Crippen LogP contribution in [0.3, 0.4) is 0 Å². The molecule has 0 spiro atoms. The normalized spacial score (nSPS) is 11.6. The fraction of sp³-hybridized carbons (Fsp3) is 0.250. The quantitative estimate of drug-likeness (QED) is 0.896. The molecule has 3 N–H and O–H groups in total. The molecule has 20 heavy (non-hydrogen) atoms. The molecule has 1 heterocycles. The van der Waals surface area contributed by atoms with E-state index < -0.39 is 6.04 Å². The van der Waals surface area contributed by atoms with Gasteiger partial charge < -0.3 is 15.6 Å². The second-order valence-corrected chi connectivity index (χ2v) is 4.46. The van der Waals surface area contributed by atoms with Crippen molar-refractivity contribution in [2.24, 2.45) is 5.73 Å². The van der Waals surface area contributed by atoms with E-state index in [9.17, 15) is 4.79 Å². The molecule has 0 unspecified atom stereocenters. The van der Waals surface area contributed by atoms with Crippen LogP contribution in [-0.4, -0.2) is 22.1 Å². The maximum Gasteiger partial charge on any atom is 0.246 e. The number of nitrogens with one attached hydrogen (secondary N) is 1. The van der Waals surface area contributed by atoms with E-state index in [4.69, 9.17) is 21.9 Å². The highest BCUT2D eigenvalue weighted by Gasteiger charge is 2.11. The Labute approximate surface area is 127 Å². The van der Waals surface area contributed by atoms with Crippen LogP contribution >= 0.6 is 24.0 Å². The van der Waals surface area contributed by atoms with Gasteiger partial charge in [0.1, 0.15) is 0 Å². The number of amides is 1. The Balaban J connectivity index is 0.00000200. The first-order chi connectivity index (χ1) is 9.06. The molecule has 0 aliphatic heterocycles. The highest BCUT2D eigenvalue weighted by molar-refractivity contribution is 6.30. The number of nitrogens with zero attached hydrogens (tertiary/aromatic N) is 2. The topological polar surface area (TPSA) is 94.0 Å². The maximum atomic E-state index is 11.3. The SMILES string of the molecule is C[C@@H](N)C(=O)NCc1nc(-c2cccc(Cl)c2)no1.Cl. The third kappa shape index (κ3) is 4.19. The highest BCUT2D eigenvalue weighted by atomic mass is 35.5. The van der Waals surface area contributed by atoms with Gasteiger partial charge in [0.2, 0.25) is 17.6 Å². The largest absolute Gasteiger partial charge is 0.346 e. The van der Waals surface area contributed by atoms with Crippen LogP contribution in [0.15, 0.2) is 28.8 Å². The first-order valence-electron chi connectivity index (χ1n) is 5.68. The zero-order valence-electron chi connectivity index (χ0n) is 10.7. The van der Waals surface area contributed by atoms with Crippen LogP contribution in [0.1, 0.15) is 12.8 Å². The molecule has 0 bridgehead atoms. The first kappa shape index (κ1) is 16.4. The summed E-state index contributed by atoms with van der Waals surface area (Å²) in [5.41, 5.74) is 6.17. The molecule has 0 aliphatic rings. The number of hydrogen-bond acceptors (Lipinski definition) is 5. The van der Waals surface area contributed by atoms with Crippen LogP contribution in [0.2, 0.25) is 5.02 Å². The summed E-state index contributed by atoms with van der Waals surface area (Å²) in [7, 11) is 0. The summed E-state index contributed by atoms with van der Waals surface area (Å²) in [5, 5.41) is 7.00. The molecule has 2 aromatic rings. The van der Waals surface area contributed by atoms with Crippen molar-refractivity contribution < 1.29 is 9.32 Å². The van der Waals surface area contributed by atoms with Crippen molar-refractivity contribution in [2.45, 2.75) is 19.5 Å². The second kappa shape index (κ2) is 7.23. The number of nitrogens with two attached hydrogens (primary N) is 1. The average molecular weight is 317 g/mol. The number of halogens is 2. The molecule has 6 nitrogen and oxygen atoms in total. The summed E-state index contributed by atoms with van der Waals surface area (Å²) in [4.78, 5) is 15.5. The smallest absolute Gasteiger partial charge is 0.246 e. The summed E-state index contributed by atoms with van der Waals surface area (Å²) >= 11 is 5.88. The van der Waals surface area contributed by atoms with E-state index in [-0.39, 0.29) is 24.9 Å². The fourth-order valence-corrected chi connectivity index (χ4v) is 1.59. The minimum absolute atomic E-state index is 0. The molecule has 1 aromatic heterocycles. The number of carbonyl (C=O) groups excluding carboxylic acids is 1. The molecule has 1 aromatic carbocycles. The molecule has 8 heteroatoms. The Morgan fingerprint density at radius 2 is 2.30 bits per heavy atom. The summed E-state index contributed by atoms with van der Waals surface area (Å²) in [6.07, 6.45) is 0. The summed E-state index contributed by atoms with van der Waals surface area (Å²) in [6, 6.07) is 6.54. The van der Waals surface area contributed by atoms with E-state index in [0.717, 1.165) is 5.56 Å². The van der Waals surface area contributed by atoms with Crippen molar-refractivity contribution in [3.05, 3.63) is 35.2 Å². The number of carbonyl (C=O) groups is 1. The summed E-state index contributed by atoms with van der Waals surface area (Å²) in [6.45, 7) is 1.74. The molecule has 0 fully saturated rings. The molecule has 0 radical (unpaired) electrons. The third-order valence-corrected chi connectivity index (χ3v) is 2.61. The first-order valence-corrected chi connectivity index (χ1v) is 6.06. The van der Waals surface area contributed by atoms with Gasteiger partial charge in [0.25, 0.3) is 0 Å². The lowest BCUT2D eigenvalue weighted by atomic mass is 10.2. The summed E-state index contributed by atoms with van der Waals surface area (Å²) in [5.74, 6) is 0.457. The lowest BCUT2D eigenvalue weighted by molar-refractivity contribution is -0.122. The van der Waals surface area contributed by atoms with Gasteiger partial charge in [0.05, 0.1) is 12.6 Å². The van der Waals surface area contributed by atoms with Gasteiger partial charge in [-0.05, 0) is 19.1 Å². The summed E-state index contributed by atoms with van der Waals surface area (Å²) < 4.78 is 5.03. The van der Waals surface area contributed by atoms with Gasteiger partial charge in [-0.25, -0.2) is 0 Å². The number of aromatic nitrogens is 2. The van der Waals surface area contributed by atoms with E-state index in [1.165, 1.54) is 0 Å². The predicted octanol–water partition coefficient (Wildman–Crippen LogP) is 1.78. The number of hydrogen-bond donors (Lipinski definition) is 2. The van der Waals surface area contributed by atoms with Crippen molar-refractivity contribution in [3.8, 4) is 11.4 Å². The molecule has 0 saturated carbocycles. The fourth-order valence-electron chi connectivity index (χ4n) is 1.40. The minimum Gasteiger partial charge on any atom is -0.346 e.